The van der Waals surface area contributed by atoms with Gasteiger partial charge in [0.1, 0.15) is 13.2 Å². The van der Waals surface area contributed by atoms with Crippen molar-refractivity contribution >= 4 is 17.9 Å². The van der Waals surface area contributed by atoms with E-state index in [1.807, 2.05) is 0 Å². The van der Waals surface area contributed by atoms with Gasteiger partial charge in [0.15, 0.2) is 6.10 Å². The van der Waals surface area contributed by atoms with E-state index in [0.717, 1.165) is 63.7 Å². The number of carbonyl (C=O) groups excluding carboxylic acids is 3. The SMILES string of the molecule is CCCCCCCCCCCCCCCCC(=O)OC[C@H](COC(=O)CCCCCCCCCCC(C)CC)OC(=O)CCCCCCCCCCCCCCC. The summed E-state index contributed by atoms with van der Waals surface area (Å²) in [5.41, 5.74) is 0. The number of hydrogen-bond donors (Lipinski definition) is 0. The van der Waals surface area contributed by atoms with E-state index in [9.17, 15) is 14.4 Å². The molecule has 57 heavy (non-hydrogen) atoms. The highest BCUT2D eigenvalue weighted by atomic mass is 16.6. The van der Waals surface area contributed by atoms with Crippen molar-refractivity contribution in [2.45, 2.75) is 291 Å². The third kappa shape index (κ3) is 43.8. The molecule has 0 aliphatic carbocycles. The predicted octanol–water partition coefficient (Wildman–Crippen LogP) is 16.3. The summed E-state index contributed by atoms with van der Waals surface area (Å²) in [6, 6.07) is 0. The second-order valence-corrected chi connectivity index (χ2v) is 17.7. The minimum Gasteiger partial charge on any atom is -0.462 e. The first-order valence-electron chi connectivity index (χ1n) is 25.4. The van der Waals surface area contributed by atoms with Crippen molar-refractivity contribution in [3.05, 3.63) is 0 Å². The Morgan fingerprint density at radius 2 is 0.614 bits per heavy atom. The van der Waals surface area contributed by atoms with Crippen LogP contribution in [0.3, 0.4) is 0 Å². The highest BCUT2D eigenvalue weighted by molar-refractivity contribution is 5.71. The fourth-order valence-corrected chi connectivity index (χ4v) is 7.66. The minimum absolute atomic E-state index is 0.0631. The van der Waals surface area contributed by atoms with Crippen LogP contribution in [0.15, 0.2) is 0 Å². The topological polar surface area (TPSA) is 78.9 Å². The average molecular weight is 807 g/mol. The molecule has 6 heteroatoms. The molecule has 0 aliphatic rings. The summed E-state index contributed by atoms with van der Waals surface area (Å²) in [5, 5.41) is 0. The first kappa shape index (κ1) is 55.4. The van der Waals surface area contributed by atoms with Gasteiger partial charge < -0.3 is 14.2 Å². The summed E-state index contributed by atoms with van der Waals surface area (Å²) in [7, 11) is 0. The van der Waals surface area contributed by atoms with Gasteiger partial charge in [0, 0.05) is 19.3 Å². The Labute approximate surface area is 355 Å². The second-order valence-electron chi connectivity index (χ2n) is 17.7. The monoisotopic (exact) mass is 807 g/mol. The van der Waals surface area contributed by atoms with Crippen molar-refractivity contribution in [1.82, 2.24) is 0 Å². The molecule has 0 heterocycles. The Kier molecular flexibility index (Phi) is 44.2. The van der Waals surface area contributed by atoms with Crippen molar-refractivity contribution in [3.63, 3.8) is 0 Å². The minimum atomic E-state index is -0.760. The lowest BCUT2D eigenvalue weighted by Gasteiger charge is -2.18. The molecule has 0 amide bonds. The van der Waals surface area contributed by atoms with E-state index in [2.05, 4.69) is 27.7 Å². The lowest BCUT2D eigenvalue weighted by Crippen LogP contribution is -2.30. The lowest BCUT2D eigenvalue weighted by molar-refractivity contribution is -0.167. The molecule has 1 unspecified atom stereocenters. The van der Waals surface area contributed by atoms with E-state index in [1.165, 1.54) is 180 Å². The number of ether oxygens (including phenoxy) is 3. The number of esters is 3. The van der Waals surface area contributed by atoms with Gasteiger partial charge in [-0.3, -0.25) is 14.4 Å². The number of carbonyl (C=O) groups is 3. The van der Waals surface area contributed by atoms with Crippen LogP contribution < -0.4 is 0 Å². The van der Waals surface area contributed by atoms with Crippen LogP contribution in [-0.4, -0.2) is 37.2 Å². The second kappa shape index (κ2) is 45.5. The van der Waals surface area contributed by atoms with Gasteiger partial charge >= 0.3 is 17.9 Å². The standard InChI is InChI=1S/C51H98O6/c1-5-8-10-12-14-16-18-20-22-23-25-30-34-38-42-49(52)55-45-48(46-56-50(53)43-39-35-31-28-27-29-33-37-41-47(4)7-3)57-51(54)44-40-36-32-26-24-21-19-17-15-13-11-9-6-2/h47-48H,5-46H2,1-4H3/t47?,48-/m1/s1. The largest absolute Gasteiger partial charge is 0.462 e. The molecule has 338 valence electrons. The smallest absolute Gasteiger partial charge is 0.306 e. The Hall–Kier alpha value is -1.59. The normalized spacial score (nSPS) is 12.4. The van der Waals surface area contributed by atoms with E-state index >= 15 is 0 Å². The van der Waals surface area contributed by atoms with Crippen molar-refractivity contribution in [3.8, 4) is 0 Å². The van der Waals surface area contributed by atoms with Crippen LogP contribution in [-0.2, 0) is 28.6 Å². The fourth-order valence-electron chi connectivity index (χ4n) is 7.66. The zero-order chi connectivity index (χ0) is 41.7. The maximum atomic E-state index is 12.8. The summed E-state index contributed by atoms with van der Waals surface area (Å²) < 4.78 is 16.8. The van der Waals surface area contributed by atoms with Crippen LogP contribution in [0.1, 0.15) is 285 Å². The Morgan fingerprint density at radius 1 is 0.351 bits per heavy atom. The predicted molar refractivity (Wildman–Crippen MR) is 243 cm³/mol. The van der Waals surface area contributed by atoms with Crippen molar-refractivity contribution < 1.29 is 28.6 Å². The van der Waals surface area contributed by atoms with Gasteiger partial charge in [0.2, 0.25) is 0 Å². The third-order valence-electron chi connectivity index (χ3n) is 11.9. The molecule has 0 fully saturated rings. The number of unbranched alkanes of at least 4 members (excludes halogenated alkanes) is 32. The molecule has 0 rings (SSSR count). The van der Waals surface area contributed by atoms with Crippen molar-refractivity contribution in [1.29, 1.82) is 0 Å². The lowest BCUT2D eigenvalue weighted by atomic mass is 9.99. The van der Waals surface area contributed by atoms with E-state index in [0.29, 0.717) is 19.3 Å². The molecule has 0 N–H and O–H groups in total. The van der Waals surface area contributed by atoms with Gasteiger partial charge in [0.05, 0.1) is 0 Å². The van der Waals surface area contributed by atoms with E-state index < -0.39 is 6.10 Å². The zero-order valence-electron chi connectivity index (χ0n) is 38.8. The van der Waals surface area contributed by atoms with Crippen LogP contribution in [0.25, 0.3) is 0 Å². The van der Waals surface area contributed by atoms with E-state index in [-0.39, 0.29) is 31.1 Å². The van der Waals surface area contributed by atoms with Crippen LogP contribution in [0.2, 0.25) is 0 Å². The molecule has 0 bridgehead atoms. The Balaban J connectivity index is 4.32. The molecule has 0 radical (unpaired) electrons. The van der Waals surface area contributed by atoms with Crippen molar-refractivity contribution in [2.24, 2.45) is 5.92 Å². The van der Waals surface area contributed by atoms with Gasteiger partial charge in [-0.05, 0) is 25.2 Å². The molecule has 0 saturated carbocycles. The molecule has 0 aromatic carbocycles. The van der Waals surface area contributed by atoms with Gasteiger partial charge in [0.25, 0.3) is 0 Å². The molecule has 0 spiro atoms. The summed E-state index contributed by atoms with van der Waals surface area (Å²) in [4.78, 5) is 37.9. The quantitative estimate of drug-likeness (QED) is 0.0346. The molecule has 0 aromatic rings. The molecule has 0 aliphatic heterocycles. The summed E-state index contributed by atoms with van der Waals surface area (Å²) in [6.45, 7) is 9.03. The number of hydrogen-bond acceptors (Lipinski definition) is 6. The van der Waals surface area contributed by atoms with Gasteiger partial charge in [-0.2, -0.15) is 0 Å². The molecule has 0 aromatic heterocycles. The van der Waals surface area contributed by atoms with Gasteiger partial charge in [-0.25, -0.2) is 0 Å². The van der Waals surface area contributed by atoms with Gasteiger partial charge in [-0.15, -0.1) is 0 Å². The third-order valence-corrected chi connectivity index (χ3v) is 11.9. The highest BCUT2D eigenvalue weighted by Gasteiger charge is 2.19. The number of rotatable bonds is 46. The van der Waals surface area contributed by atoms with Crippen LogP contribution in [0, 0.1) is 5.92 Å². The average Bonchev–Trinajstić information content (AvgIpc) is 3.21. The molecular weight excluding hydrogens is 709 g/mol. The molecular formula is C51H98O6. The summed E-state index contributed by atoms with van der Waals surface area (Å²) >= 11 is 0. The molecule has 6 nitrogen and oxygen atoms in total. The molecule has 2 atom stereocenters. The first-order chi connectivity index (χ1) is 27.9. The summed E-state index contributed by atoms with van der Waals surface area (Å²) in [5.74, 6) is 0.00125. The van der Waals surface area contributed by atoms with E-state index in [4.69, 9.17) is 14.2 Å². The van der Waals surface area contributed by atoms with Crippen LogP contribution in [0.4, 0.5) is 0 Å². The van der Waals surface area contributed by atoms with Crippen LogP contribution >= 0.6 is 0 Å². The maximum Gasteiger partial charge on any atom is 0.306 e. The molecule has 0 saturated heterocycles. The summed E-state index contributed by atoms with van der Waals surface area (Å²) in [6.07, 6.45) is 46.5. The zero-order valence-corrected chi connectivity index (χ0v) is 38.8. The van der Waals surface area contributed by atoms with Gasteiger partial charge in [-0.1, -0.05) is 246 Å². The van der Waals surface area contributed by atoms with Crippen molar-refractivity contribution in [2.75, 3.05) is 13.2 Å². The Bertz CT molecular complexity index is 859. The van der Waals surface area contributed by atoms with E-state index in [1.54, 1.807) is 0 Å². The maximum absolute atomic E-state index is 12.8. The van der Waals surface area contributed by atoms with Crippen LogP contribution in [0.5, 0.6) is 0 Å². The fraction of sp³-hybridized carbons (Fsp3) is 0.941. The highest BCUT2D eigenvalue weighted by Crippen LogP contribution is 2.17. The first-order valence-corrected chi connectivity index (χ1v) is 25.4. The Morgan fingerprint density at radius 3 is 0.912 bits per heavy atom.